The molecule has 1 N–H and O–H groups in total. The molecule has 1 aromatic carbocycles. The molecule has 5 nitrogen and oxygen atoms in total. The van der Waals surface area contributed by atoms with Crippen LogP contribution in [0.2, 0.25) is 5.02 Å². The van der Waals surface area contributed by atoms with Gasteiger partial charge >= 0.3 is 5.97 Å². The van der Waals surface area contributed by atoms with Gasteiger partial charge in [-0.1, -0.05) is 23.7 Å². The number of carbonyl (C=O) groups excluding carboxylic acids is 1. The van der Waals surface area contributed by atoms with E-state index in [9.17, 15) is 4.79 Å². The molecule has 1 unspecified atom stereocenters. The van der Waals surface area contributed by atoms with Gasteiger partial charge in [-0.2, -0.15) is 0 Å². The number of nitrogens with zero attached hydrogens (tertiary/aromatic N) is 2. The zero-order valence-corrected chi connectivity index (χ0v) is 13.8. The zero-order valence-electron chi connectivity index (χ0n) is 13.0. The first kappa shape index (κ1) is 15.6. The van der Waals surface area contributed by atoms with E-state index >= 15 is 0 Å². The molecular formula is C17H18ClN3O2. The Kier molecular flexibility index (Phi) is 4.39. The van der Waals surface area contributed by atoms with Gasteiger partial charge in [0.15, 0.2) is 5.82 Å². The summed E-state index contributed by atoms with van der Waals surface area (Å²) in [6.07, 6.45) is 1.58. The van der Waals surface area contributed by atoms with Crippen molar-refractivity contribution >= 4 is 29.1 Å². The molecule has 6 heteroatoms. The van der Waals surface area contributed by atoms with Gasteiger partial charge in [0.2, 0.25) is 0 Å². The van der Waals surface area contributed by atoms with Gasteiger partial charge in [-0.25, -0.2) is 4.98 Å². The van der Waals surface area contributed by atoms with Gasteiger partial charge in [-0.3, -0.25) is 4.79 Å². The molecule has 0 spiro atoms. The molecule has 2 heterocycles. The number of pyridine rings is 1. The maximum atomic E-state index is 12.0. The summed E-state index contributed by atoms with van der Waals surface area (Å²) < 4.78 is 5.11. The average molecular weight is 332 g/mol. The van der Waals surface area contributed by atoms with Gasteiger partial charge < -0.3 is 15.0 Å². The third-order valence-corrected chi connectivity index (χ3v) is 4.04. The molecule has 1 aromatic heterocycles. The largest absolute Gasteiger partial charge is 0.465 e. The second-order valence-corrected chi connectivity index (χ2v) is 5.79. The van der Waals surface area contributed by atoms with Gasteiger partial charge in [0.05, 0.1) is 12.3 Å². The number of aryl methyl sites for hydroxylation is 1. The highest BCUT2D eigenvalue weighted by atomic mass is 35.5. The fraction of sp³-hybridized carbons (Fsp3) is 0.294. The molecule has 120 valence electrons. The summed E-state index contributed by atoms with van der Waals surface area (Å²) in [4.78, 5) is 18.4. The quantitative estimate of drug-likeness (QED) is 0.868. The van der Waals surface area contributed by atoms with E-state index in [1.165, 1.54) is 0 Å². The summed E-state index contributed by atoms with van der Waals surface area (Å²) in [5.41, 5.74) is 3.00. The molecule has 1 aliphatic rings. The lowest BCUT2D eigenvalue weighted by molar-refractivity contribution is -0.141. The number of nitrogens with one attached hydrogen (secondary N) is 1. The molecule has 0 saturated carbocycles. The lowest BCUT2D eigenvalue weighted by atomic mass is 10.1. The van der Waals surface area contributed by atoms with Crippen LogP contribution in [-0.4, -0.2) is 24.1 Å². The molecule has 0 bridgehead atoms. The molecule has 0 fully saturated rings. The highest BCUT2D eigenvalue weighted by molar-refractivity contribution is 6.30. The van der Waals surface area contributed by atoms with Crippen LogP contribution in [0.15, 0.2) is 36.5 Å². The van der Waals surface area contributed by atoms with Crippen LogP contribution in [0, 0.1) is 6.92 Å². The van der Waals surface area contributed by atoms with E-state index in [1.807, 2.05) is 42.2 Å². The summed E-state index contributed by atoms with van der Waals surface area (Å²) >= 11 is 5.97. The fourth-order valence-electron chi connectivity index (χ4n) is 2.78. The highest BCUT2D eigenvalue weighted by Crippen LogP contribution is 2.41. The minimum Gasteiger partial charge on any atom is -0.465 e. The Labute approximate surface area is 140 Å². The van der Waals surface area contributed by atoms with Crippen LogP contribution in [0.4, 0.5) is 11.5 Å². The number of halogens is 1. The number of ether oxygens (including phenoxy) is 1. The molecule has 1 aliphatic heterocycles. The highest BCUT2D eigenvalue weighted by Gasteiger charge is 2.33. The molecule has 3 rings (SSSR count). The number of anilines is 2. The Morgan fingerprint density at radius 1 is 1.35 bits per heavy atom. The molecule has 0 saturated heterocycles. The fourth-order valence-corrected chi connectivity index (χ4v) is 2.91. The second kappa shape index (κ2) is 6.46. The first-order chi connectivity index (χ1) is 11.1. The Bertz CT molecular complexity index is 718. The molecule has 0 radical (unpaired) electrons. The second-order valence-electron chi connectivity index (χ2n) is 5.36. The van der Waals surface area contributed by atoms with Crippen LogP contribution < -0.4 is 10.2 Å². The smallest absolute Gasteiger partial charge is 0.325 e. The van der Waals surface area contributed by atoms with E-state index in [-0.39, 0.29) is 18.7 Å². The summed E-state index contributed by atoms with van der Waals surface area (Å²) in [5.74, 6) is 0.513. The number of fused-ring (bicyclic) bond motifs is 1. The van der Waals surface area contributed by atoms with Crippen molar-refractivity contribution in [2.75, 3.05) is 23.4 Å². The topological polar surface area (TPSA) is 54.5 Å². The van der Waals surface area contributed by atoms with E-state index in [0.29, 0.717) is 11.6 Å². The zero-order chi connectivity index (χ0) is 16.4. The van der Waals surface area contributed by atoms with Crippen molar-refractivity contribution < 1.29 is 9.53 Å². The summed E-state index contributed by atoms with van der Waals surface area (Å²) in [5, 5.41) is 4.05. The van der Waals surface area contributed by atoms with Crippen LogP contribution in [0.5, 0.6) is 0 Å². The van der Waals surface area contributed by atoms with Crippen molar-refractivity contribution in [3.8, 4) is 0 Å². The average Bonchev–Trinajstić information content (AvgIpc) is 2.88. The Morgan fingerprint density at radius 3 is 2.78 bits per heavy atom. The Balaban J connectivity index is 1.97. The lowest BCUT2D eigenvalue weighted by Gasteiger charge is -2.26. The predicted molar refractivity (Wildman–Crippen MR) is 90.8 cm³/mol. The van der Waals surface area contributed by atoms with Crippen molar-refractivity contribution in [1.82, 2.24) is 4.98 Å². The number of hydrogen-bond acceptors (Lipinski definition) is 5. The third kappa shape index (κ3) is 3.10. The van der Waals surface area contributed by atoms with E-state index in [1.54, 1.807) is 13.1 Å². The van der Waals surface area contributed by atoms with Crippen molar-refractivity contribution in [2.45, 2.75) is 20.0 Å². The van der Waals surface area contributed by atoms with E-state index < -0.39 is 0 Å². The Morgan fingerprint density at radius 2 is 2.09 bits per heavy atom. The minimum absolute atomic E-state index is 0.160. The van der Waals surface area contributed by atoms with Crippen molar-refractivity contribution in [1.29, 1.82) is 0 Å². The molecular weight excluding hydrogens is 314 g/mol. The minimum atomic E-state index is -0.260. The number of carbonyl (C=O) groups is 1. The van der Waals surface area contributed by atoms with Gasteiger partial charge in [-0.05, 0) is 43.2 Å². The molecule has 0 amide bonds. The maximum Gasteiger partial charge on any atom is 0.325 e. The normalized spacial score (nSPS) is 16.0. The third-order valence-electron chi connectivity index (χ3n) is 3.79. The number of hydrogen-bond donors (Lipinski definition) is 1. The number of rotatable bonds is 4. The number of esters is 1. The van der Waals surface area contributed by atoms with Gasteiger partial charge in [0.25, 0.3) is 0 Å². The predicted octanol–water partition coefficient (Wildman–Crippen LogP) is 3.54. The number of benzene rings is 1. The van der Waals surface area contributed by atoms with Crippen LogP contribution in [0.25, 0.3) is 0 Å². The van der Waals surface area contributed by atoms with Crippen molar-refractivity contribution in [3.05, 3.63) is 52.7 Å². The molecule has 1 atom stereocenters. The van der Waals surface area contributed by atoms with E-state index in [2.05, 4.69) is 10.3 Å². The first-order valence-electron chi connectivity index (χ1n) is 7.50. The monoisotopic (exact) mass is 331 g/mol. The van der Waals surface area contributed by atoms with Crippen molar-refractivity contribution in [3.63, 3.8) is 0 Å². The summed E-state index contributed by atoms with van der Waals surface area (Å²) in [6, 6.07) is 9.50. The van der Waals surface area contributed by atoms with Crippen molar-refractivity contribution in [2.24, 2.45) is 0 Å². The van der Waals surface area contributed by atoms with Gasteiger partial charge in [-0.15, -0.1) is 0 Å². The van der Waals surface area contributed by atoms with E-state index in [0.717, 1.165) is 22.6 Å². The van der Waals surface area contributed by atoms with Crippen LogP contribution in [0.3, 0.4) is 0 Å². The van der Waals surface area contributed by atoms with Gasteiger partial charge in [0, 0.05) is 11.2 Å². The molecule has 0 aliphatic carbocycles. The SMILES string of the molecule is CCOC(=O)CN1c2c(C)ccnc2NC1c1ccc(Cl)cc1. The van der Waals surface area contributed by atoms with E-state index in [4.69, 9.17) is 16.3 Å². The summed E-state index contributed by atoms with van der Waals surface area (Å²) in [7, 11) is 0. The van der Waals surface area contributed by atoms with Crippen LogP contribution in [0.1, 0.15) is 24.2 Å². The lowest BCUT2D eigenvalue weighted by Crippen LogP contribution is -2.34. The first-order valence-corrected chi connectivity index (χ1v) is 7.88. The number of aromatic nitrogens is 1. The molecule has 2 aromatic rings. The Hall–Kier alpha value is -2.27. The summed E-state index contributed by atoms with van der Waals surface area (Å²) in [6.45, 7) is 4.33. The van der Waals surface area contributed by atoms with Crippen LogP contribution in [-0.2, 0) is 9.53 Å². The van der Waals surface area contributed by atoms with Gasteiger partial charge in [0.1, 0.15) is 12.7 Å². The molecule has 23 heavy (non-hydrogen) atoms. The van der Waals surface area contributed by atoms with Crippen LogP contribution >= 0.6 is 11.6 Å². The maximum absolute atomic E-state index is 12.0. The standard InChI is InChI=1S/C17H18ClN3O2/c1-3-23-14(22)10-21-15-11(2)8-9-19-16(15)20-17(21)12-4-6-13(18)7-5-12/h4-9,17H,3,10H2,1-2H3,(H,19,20).